The van der Waals surface area contributed by atoms with Gasteiger partial charge >= 0.3 is 0 Å². The normalized spacial score (nSPS) is 19.3. The van der Waals surface area contributed by atoms with Crippen molar-refractivity contribution >= 4 is 5.70 Å². The molecule has 0 saturated carbocycles. The van der Waals surface area contributed by atoms with Crippen LogP contribution in [0, 0.1) is 0 Å². The molecule has 1 aliphatic carbocycles. The fraction of sp³-hybridized carbons (Fsp3) is 0.0526. The van der Waals surface area contributed by atoms with Gasteiger partial charge in [-0.2, -0.15) is 0 Å². The van der Waals surface area contributed by atoms with Crippen LogP contribution in [-0.4, -0.2) is 6.04 Å². The molecule has 20 heavy (non-hydrogen) atoms. The standard InChI is InChI=1S/C19H15N/c1-2-6-14(7-3-1)15-10-12-16(13-11-15)19-17-8-4-5-9-18(17)20-19/h1-13,18,20H. The second-order valence-electron chi connectivity index (χ2n) is 5.14. The van der Waals surface area contributed by atoms with E-state index >= 15 is 0 Å². The molecule has 2 aliphatic rings. The molecule has 1 heterocycles. The van der Waals surface area contributed by atoms with E-state index in [1.165, 1.54) is 28.0 Å². The summed E-state index contributed by atoms with van der Waals surface area (Å²) in [6.45, 7) is 0. The molecule has 1 nitrogen and oxygen atoms in total. The summed E-state index contributed by atoms with van der Waals surface area (Å²) in [5.74, 6) is 0. The van der Waals surface area contributed by atoms with Crippen LogP contribution in [0.5, 0.6) is 0 Å². The van der Waals surface area contributed by atoms with E-state index in [-0.39, 0.29) is 0 Å². The van der Waals surface area contributed by atoms with Gasteiger partial charge < -0.3 is 5.32 Å². The number of allylic oxidation sites excluding steroid dienone is 2. The SMILES string of the molecule is C1=CC2=C(c3ccc(-c4ccccc4)cc3)NC2C=C1. The fourth-order valence-corrected chi connectivity index (χ4v) is 2.78. The van der Waals surface area contributed by atoms with Gasteiger partial charge in [-0.3, -0.25) is 0 Å². The Morgan fingerprint density at radius 1 is 0.700 bits per heavy atom. The lowest BCUT2D eigenvalue weighted by Gasteiger charge is -2.34. The summed E-state index contributed by atoms with van der Waals surface area (Å²) in [4.78, 5) is 0. The smallest absolute Gasteiger partial charge is 0.0721 e. The third kappa shape index (κ3) is 1.79. The van der Waals surface area contributed by atoms with Crippen molar-refractivity contribution < 1.29 is 0 Å². The Morgan fingerprint density at radius 3 is 2.15 bits per heavy atom. The van der Waals surface area contributed by atoms with Gasteiger partial charge in [0, 0.05) is 11.3 Å². The summed E-state index contributed by atoms with van der Waals surface area (Å²) in [5.41, 5.74) is 6.43. The van der Waals surface area contributed by atoms with Crippen molar-refractivity contribution in [1.82, 2.24) is 5.32 Å². The van der Waals surface area contributed by atoms with Crippen LogP contribution >= 0.6 is 0 Å². The molecule has 4 rings (SSSR count). The maximum atomic E-state index is 3.50. The maximum Gasteiger partial charge on any atom is 0.0721 e. The average molecular weight is 257 g/mol. The van der Waals surface area contributed by atoms with E-state index in [0.717, 1.165) is 0 Å². The largest absolute Gasteiger partial charge is 0.374 e. The van der Waals surface area contributed by atoms with Gasteiger partial charge in [0.1, 0.15) is 0 Å². The summed E-state index contributed by atoms with van der Waals surface area (Å²) in [6.07, 6.45) is 8.58. The molecule has 1 unspecified atom stereocenters. The number of rotatable bonds is 2. The van der Waals surface area contributed by atoms with Crippen molar-refractivity contribution in [3.05, 3.63) is 90.0 Å². The third-order valence-corrected chi connectivity index (χ3v) is 3.89. The first kappa shape index (κ1) is 11.3. The number of benzene rings is 2. The van der Waals surface area contributed by atoms with Crippen LogP contribution in [0.15, 0.2) is 84.5 Å². The number of hydrogen-bond acceptors (Lipinski definition) is 1. The number of nitrogens with one attached hydrogen (secondary N) is 1. The Kier molecular flexibility index (Phi) is 2.56. The molecule has 1 heteroatoms. The summed E-state index contributed by atoms with van der Waals surface area (Å²) in [6, 6.07) is 19.7. The van der Waals surface area contributed by atoms with Gasteiger partial charge in [0.2, 0.25) is 0 Å². The Morgan fingerprint density at radius 2 is 1.40 bits per heavy atom. The quantitative estimate of drug-likeness (QED) is 0.851. The van der Waals surface area contributed by atoms with Crippen molar-refractivity contribution in [2.75, 3.05) is 0 Å². The minimum absolute atomic E-state index is 0.406. The van der Waals surface area contributed by atoms with Gasteiger partial charge in [-0.1, -0.05) is 78.9 Å². The Bertz CT molecular complexity index is 718. The average Bonchev–Trinajstić information content (AvgIpc) is 2.50. The first-order valence-electron chi connectivity index (χ1n) is 6.93. The summed E-state index contributed by atoms with van der Waals surface area (Å²) in [5, 5.41) is 3.50. The summed E-state index contributed by atoms with van der Waals surface area (Å²) < 4.78 is 0. The highest BCUT2D eigenvalue weighted by Crippen LogP contribution is 2.32. The van der Waals surface area contributed by atoms with Crippen molar-refractivity contribution in [3.63, 3.8) is 0 Å². The van der Waals surface area contributed by atoms with Crippen LogP contribution in [0.25, 0.3) is 16.8 Å². The highest BCUT2D eigenvalue weighted by molar-refractivity contribution is 5.79. The summed E-state index contributed by atoms with van der Waals surface area (Å²) in [7, 11) is 0. The second kappa shape index (κ2) is 4.53. The van der Waals surface area contributed by atoms with Gasteiger partial charge in [0.15, 0.2) is 0 Å². The van der Waals surface area contributed by atoms with Gasteiger partial charge in [-0.05, 0) is 16.7 Å². The third-order valence-electron chi connectivity index (χ3n) is 3.89. The highest BCUT2D eigenvalue weighted by atomic mass is 15.0. The molecule has 2 aromatic rings. The van der Waals surface area contributed by atoms with Crippen LogP contribution in [0.2, 0.25) is 0 Å². The first-order chi connectivity index (χ1) is 9.92. The van der Waals surface area contributed by atoms with Crippen LogP contribution in [0.4, 0.5) is 0 Å². The minimum atomic E-state index is 0.406. The molecule has 0 fully saturated rings. The zero-order chi connectivity index (χ0) is 13.4. The highest BCUT2D eigenvalue weighted by Gasteiger charge is 2.26. The van der Waals surface area contributed by atoms with Crippen molar-refractivity contribution in [2.24, 2.45) is 0 Å². The predicted octanol–water partition coefficient (Wildman–Crippen LogP) is 4.16. The Hall–Kier alpha value is -2.54. The lowest BCUT2D eigenvalue weighted by molar-refractivity contribution is 0.749. The lowest BCUT2D eigenvalue weighted by Crippen LogP contribution is -2.39. The van der Waals surface area contributed by atoms with E-state index in [4.69, 9.17) is 0 Å². The van der Waals surface area contributed by atoms with E-state index in [9.17, 15) is 0 Å². The number of hydrogen-bond donors (Lipinski definition) is 1. The predicted molar refractivity (Wildman–Crippen MR) is 84.0 cm³/mol. The Labute approximate surface area is 119 Å². The fourth-order valence-electron chi connectivity index (χ4n) is 2.78. The van der Waals surface area contributed by atoms with Crippen LogP contribution in [0.1, 0.15) is 5.56 Å². The van der Waals surface area contributed by atoms with Gasteiger partial charge in [-0.25, -0.2) is 0 Å². The van der Waals surface area contributed by atoms with Gasteiger partial charge in [0.25, 0.3) is 0 Å². The molecule has 1 aliphatic heterocycles. The molecule has 96 valence electrons. The first-order valence-corrected chi connectivity index (χ1v) is 6.93. The topological polar surface area (TPSA) is 12.0 Å². The van der Waals surface area contributed by atoms with E-state index in [1.807, 2.05) is 6.07 Å². The van der Waals surface area contributed by atoms with Gasteiger partial charge in [-0.15, -0.1) is 0 Å². The molecular formula is C19H15N. The zero-order valence-corrected chi connectivity index (χ0v) is 11.1. The molecule has 0 aromatic heterocycles. The molecule has 0 bridgehead atoms. The van der Waals surface area contributed by atoms with Crippen molar-refractivity contribution in [3.8, 4) is 11.1 Å². The van der Waals surface area contributed by atoms with Crippen molar-refractivity contribution in [2.45, 2.75) is 6.04 Å². The number of fused-ring (bicyclic) bond motifs is 1. The minimum Gasteiger partial charge on any atom is -0.374 e. The monoisotopic (exact) mass is 257 g/mol. The molecule has 1 N–H and O–H groups in total. The van der Waals surface area contributed by atoms with E-state index < -0.39 is 0 Å². The molecular weight excluding hydrogens is 242 g/mol. The van der Waals surface area contributed by atoms with Crippen LogP contribution in [0.3, 0.4) is 0 Å². The van der Waals surface area contributed by atoms with Crippen LogP contribution in [-0.2, 0) is 0 Å². The summed E-state index contributed by atoms with van der Waals surface area (Å²) >= 11 is 0. The van der Waals surface area contributed by atoms with E-state index in [2.05, 4.69) is 78.2 Å². The Balaban J connectivity index is 1.66. The lowest BCUT2D eigenvalue weighted by atomic mass is 9.88. The molecule has 0 saturated heterocycles. The van der Waals surface area contributed by atoms with E-state index in [0.29, 0.717) is 6.04 Å². The molecule has 0 radical (unpaired) electrons. The zero-order valence-electron chi connectivity index (χ0n) is 11.1. The molecule has 0 spiro atoms. The molecule has 1 atom stereocenters. The van der Waals surface area contributed by atoms with Crippen molar-refractivity contribution in [1.29, 1.82) is 0 Å². The maximum absolute atomic E-state index is 3.50. The van der Waals surface area contributed by atoms with E-state index in [1.54, 1.807) is 0 Å². The molecule has 2 aromatic carbocycles. The second-order valence-corrected chi connectivity index (χ2v) is 5.14. The van der Waals surface area contributed by atoms with Gasteiger partial charge in [0.05, 0.1) is 6.04 Å². The molecule has 0 amide bonds. The van der Waals surface area contributed by atoms with Crippen LogP contribution < -0.4 is 5.32 Å².